The lowest BCUT2D eigenvalue weighted by molar-refractivity contribution is -0.126. The van der Waals surface area contributed by atoms with E-state index in [0.29, 0.717) is 22.4 Å². The predicted molar refractivity (Wildman–Crippen MR) is 135 cm³/mol. The van der Waals surface area contributed by atoms with Gasteiger partial charge in [0.15, 0.2) is 0 Å². The summed E-state index contributed by atoms with van der Waals surface area (Å²) in [6, 6.07) is 1.81. The molecule has 0 aliphatic heterocycles. The number of hydrazine groups is 1. The Labute approximate surface area is 203 Å². The van der Waals surface area contributed by atoms with Gasteiger partial charge in [0.1, 0.15) is 4.88 Å². The normalized spacial score (nSPS) is 22.0. The summed E-state index contributed by atoms with van der Waals surface area (Å²) in [5.74, 6) is 6.52. The van der Waals surface area contributed by atoms with Crippen molar-refractivity contribution >= 4 is 28.9 Å². The highest BCUT2D eigenvalue weighted by atomic mass is 32.1. The second-order valence-corrected chi connectivity index (χ2v) is 12.1. The third-order valence-electron chi connectivity index (χ3n) is 6.86. The van der Waals surface area contributed by atoms with Gasteiger partial charge in [-0.2, -0.15) is 0 Å². The zero-order valence-corrected chi connectivity index (χ0v) is 21.8. The summed E-state index contributed by atoms with van der Waals surface area (Å²) in [6.45, 7) is 9.11. The fraction of sp³-hybridized carbons (Fsp3) is 0.704. The molecule has 0 saturated heterocycles. The number of hydrogen-bond acceptors (Lipinski definition) is 4. The van der Waals surface area contributed by atoms with E-state index in [1.165, 1.54) is 43.4 Å². The quantitative estimate of drug-likeness (QED) is 0.383. The molecular weight excluding hydrogens is 432 g/mol. The van der Waals surface area contributed by atoms with Gasteiger partial charge in [0, 0.05) is 24.9 Å². The molecule has 3 rings (SSSR count). The van der Waals surface area contributed by atoms with Gasteiger partial charge in [-0.05, 0) is 77.2 Å². The number of aromatic carboxylic acids is 1. The van der Waals surface area contributed by atoms with E-state index in [1.54, 1.807) is 5.01 Å². The van der Waals surface area contributed by atoms with Crippen LogP contribution in [0.25, 0.3) is 0 Å². The molecule has 0 radical (unpaired) electrons. The van der Waals surface area contributed by atoms with Crippen LogP contribution in [0.2, 0.25) is 0 Å². The second-order valence-electron chi connectivity index (χ2n) is 11.1. The minimum Gasteiger partial charge on any atom is -0.477 e. The lowest BCUT2D eigenvalue weighted by atomic mass is 9.82. The first-order valence-electron chi connectivity index (χ1n) is 12.5. The zero-order chi connectivity index (χ0) is 24.2. The number of amides is 1. The van der Waals surface area contributed by atoms with E-state index < -0.39 is 5.97 Å². The number of carbonyl (C=O) groups excluding carboxylic acids is 1. The molecule has 1 N–H and O–H groups in total. The van der Waals surface area contributed by atoms with E-state index in [1.807, 2.05) is 38.9 Å². The molecule has 2 aliphatic carbocycles. The number of nitrogens with zero attached hydrogens (tertiary/aromatic N) is 2. The Kier molecular flexibility index (Phi) is 8.64. The second kappa shape index (κ2) is 11.1. The monoisotopic (exact) mass is 472 g/mol. The molecule has 2 saturated carbocycles. The molecule has 33 heavy (non-hydrogen) atoms. The van der Waals surface area contributed by atoms with Crippen molar-refractivity contribution < 1.29 is 14.7 Å². The van der Waals surface area contributed by atoms with Gasteiger partial charge in [-0.1, -0.05) is 38.0 Å². The molecule has 5 nitrogen and oxygen atoms in total. The Bertz CT molecular complexity index is 891. The Balaban J connectivity index is 1.96. The van der Waals surface area contributed by atoms with Crippen molar-refractivity contribution in [3.8, 4) is 11.8 Å². The van der Waals surface area contributed by atoms with Crippen LogP contribution in [0.15, 0.2) is 6.07 Å². The van der Waals surface area contributed by atoms with Gasteiger partial charge in [0.25, 0.3) is 0 Å². The molecule has 1 aromatic rings. The first kappa shape index (κ1) is 25.8. The van der Waals surface area contributed by atoms with Gasteiger partial charge in [-0.25, -0.2) is 14.8 Å². The van der Waals surface area contributed by atoms with Gasteiger partial charge in [0.05, 0.1) is 10.6 Å². The minimum atomic E-state index is -1.00. The van der Waals surface area contributed by atoms with Crippen LogP contribution in [-0.2, 0) is 4.79 Å². The van der Waals surface area contributed by atoms with E-state index in [2.05, 4.69) is 18.8 Å². The topological polar surface area (TPSA) is 60.9 Å². The highest BCUT2D eigenvalue weighted by Gasteiger charge is 2.35. The van der Waals surface area contributed by atoms with Crippen molar-refractivity contribution in [2.75, 3.05) is 18.6 Å². The fourth-order valence-corrected chi connectivity index (χ4v) is 5.81. The van der Waals surface area contributed by atoms with E-state index in [9.17, 15) is 14.7 Å². The van der Waals surface area contributed by atoms with E-state index in [4.69, 9.17) is 0 Å². The molecule has 2 aliphatic rings. The van der Waals surface area contributed by atoms with Gasteiger partial charge >= 0.3 is 5.97 Å². The lowest BCUT2D eigenvalue weighted by Crippen LogP contribution is -2.50. The van der Waals surface area contributed by atoms with E-state index >= 15 is 0 Å². The Morgan fingerprint density at radius 1 is 1.09 bits per heavy atom. The minimum absolute atomic E-state index is 0.0378. The largest absolute Gasteiger partial charge is 0.477 e. The van der Waals surface area contributed by atoms with E-state index in [0.717, 1.165) is 32.2 Å². The zero-order valence-electron chi connectivity index (χ0n) is 20.9. The number of carbonyl (C=O) groups is 2. The molecule has 1 amide bonds. The average molecular weight is 473 g/mol. The van der Waals surface area contributed by atoms with Crippen LogP contribution >= 0.6 is 11.3 Å². The third kappa shape index (κ3) is 7.07. The highest BCUT2D eigenvalue weighted by molar-refractivity contribution is 7.15. The van der Waals surface area contributed by atoms with Crippen LogP contribution in [0.1, 0.15) is 100 Å². The van der Waals surface area contributed by atoms with Crippen LogP contribution in [0.4, 0.5) is 5.69 Å². The Morgan fingerprint density at radius 3 is 2.30 bits per heavy atom. The highest BCUT2D eigenvalue weighted by Crippen LogP contribution is 2.36. The fourth-order valence-electron chi connectivity index (χ4n) is 4.98. The summed E-state index contributed by atoms with van der Waals surface area (Å²) < 4.78 is 0. The van der Waals surface area contributed by atoms with E-state index in [-0.39, 0.29) is 22.1 Å². The van der Waals surface area contributed by atoms with Gasteiger partial charge < -0.3 is 5.11 Å². The number of carboxylic acid groups (broad SMARTS) is 1. The number of thiophene rings is 1. The molecule has 0 bridgehead atoms. The Morgan fingerprint density at radius 2 is 1.73 bits per heavy atom. The maximum atomic E-state index is 13.8. The molecule has 0 aromatic carbocycles. The van der Waals surface area contributed by atoms with Crippen molar-refractivity contribution in [3.63, 3.8) is 0 Å². The predicted octanol–water partition coefficient (Wildman–Crippen LogP) is 6.43. The molecule has 1 aromatic heterocycles. The summed E-state index contributed by atoms with van der Waals surface area (Å²) in [5.41, 5.74) is 0.298. The first-order valence-corrected chi connectivity index (χ1v) is 13.3. The molecule has 0 unspecified atom stereocenters. The van der Waals surface area contributed by atoms with Crippen molar-refractivity contribution in [2.24, 2.45) is 23.2 Å². The lowest BCUT2D eigenvalue weighted by Gasteiger charge is -2.38. The van der Waals surface area contributed by atoms with Crippen LogP contribution in [0, 0.1) is 35.0 Å². The number of hydrogen-bond donors (Lipinski definition) is 1. The molecular formula is C27H40N2O3S. The number of rotatable bonds is 6. The summed E-state index contributed by atoms with van der Waals surface area (Å²) in [7, 11) is 1.95. The summed E-state index contributed by atoms with van der Waals surface area (Å²) in [5, 5.41) is 13.7. The van der Waals surface area contributed by atoms with Crippen molar-refractivity contribution in [3.05, 3.63) is 15.8 Å². The average Bonchev–Trinajstić information content (AvgIpc) is 3.17. The molecule has 1 heterocycles. The third-order valence-corrected chi connectivity index (χ3v) is 7.89. The van der Waals surface area contributed by atoms with Crippen molar-refractivity contribution in [1.29, 1.82) is 0 Å². The van der Waals surface area contributed by atoms with Gasteiger partial charge in [-0.15, -0.1) is 11.3 Å². The standard InChI is InChI=1S/C27H40N2O3S/c1-19-11-13-21(14-12-19)25(30)29(28(5)18-20-9-7-6-8-10-20)23-17-22(15-16-27(2,3)4)33-24(23)26(31)32/h17,19-21H,6-14,18H2,1-5H3,(H,31,32). The molecule has 6 heteroatoms. The summed E-state index contributed by atoms with van der Waals surface area (Å²) in [4.78, 5) is 26.9. The van der Waals surface area contributed by atoms with Crippen LogP contribution in [-0.4, -0.2) is 35.6 Å². The van der Waals surface area contributed by atoms with Crippen LogP contribution in [0.5, 0.6) is 0 Å². The van der Waals surface area contributed by atoms with Crippen molar-refractivity contribution in [2.45, 2.75) is 85.5 Å². The summed E-state index contributed by atoms with van der Waals surface area (Å²) in [6.07, 6.45) is 9.94. The SMILES string of the molecule is CC1CCC(C(=O)N(c2cc(C#CC(C)(C)C)sc2C(=O)O)N(C)CC2CCCCC2)CC1. The number of anilines is 1. The first-order chi connectivity index (χ1) is 15.5. The van der Waals surface area contributed by atoms with Gasteiger partial charge in [0.2, 0.25) is 5.91 Å². The smallest absolute Gasteiger partial charge is 0.348 e. The van der Waals surface area contributed by atoms with Gasteiger partial charge in [-0.3, -0.25) is 4.79 Å². The molecule has 0 atom stereocenters. The van der Waals surface area contributed by atoms with Crippen LogP contribution in [0.3, 0.4) is 0 Å². The van der Waals surface area contributed by atoms with Crippen molar-refractivity contribution in [1.82, 2.24) is 5.01 Å². The maximum absolute atomic E-state index is 13.8. The molecule has 182 valence electrons. The molecule has 2 fully saturated rings. The number of carboxylic acids is 1. The molecule has 0 spiro atoms. The summed E-state index contributed by atoms with van der Waals surface area (Å²) >= 11 is 1.17. The Hall–Kier alpha value is -1.84. The van der Waals surface area contributed by atoms with Crippen LogP contribution < -0.4 is 5.01 Å². The maximum Gasteiger partial charge on any atom is 0.348 e.